The van der Waals surface area contributed by atoms with Gasteiger partial charge in [-0.25, -0.2) is 0 Å². The van der Waals surface area contributed by atoms with E-state index < -0.39 is 6.10 Å². The van der Waals surface area contributed by atoms with E-state index in [1.54, 1.807) is 18.9 Å². The van der Waals surface area contributed by atoms with E-state index in [1.807, 2.05) is 0 Å². The van der Waals surface area contributed by atoms with Gasteiger partial charge in [-0.2, -0.15) is 0 Å². The third kappa shape index (κ3) is 5.84. The van der Waals surface area contributed by atoms with Gasteiger partial charge in [-0.1, -0.05) is 0 Å². The van der Waals surface area contributed by atoms with Crippen molar-refractivity contribution in [3.8, 4) is 0 Å². The second kappa shape index (κ2) is 11.6. The molecule has 3 heterocycles. The third-order valence-corrected chi connectivity index (χ3v) is 10.9. The van der Waals surface area contributed by atoms with Gasteiger partial charge < -0.3 is 25.8 Å². The van der Waals surface area contributed by atoms with Gasteiger partial charge in [0.25, 0.3) is 0 Å². The lowest BCUT2D eigenvalue weighted by molar-refractivity contribution is -0.130. The number of carbonyl (C=O) groups is 2. The number of nitrogens with one attached hydrogen (secondary N) is 5. The number of ether oxygens (including phenoxy) is 1. The average molecular weight is 544 g/mol. The molecule has 0 aromatic heterocycles. The van der Waals surface area contributed by atoms with E-state index in [-0.39, 0.29) is 58.6 Å². The maximum Gasteiger partial charge on any atom is 0.226 e. The molecule has 36 heavy (non-hydrogen) atoms. The quantitative estimate of drug-likeness (QED) is 0.214. The van der Waals surface area contributed by atoms with Gasteiger partial charge in [-0.3, -0.25) is 20.2 Å². The minimum absolute atomic E-state index is 0.0226. The minimum Gasteiger partial charge on any atom is -0.391 e. The lowest BCUT2D eigenvalue weighted by atomic mass is 9.70. The van der Waals surface area contributed by atoms with E-state index in [0.717, 1.165) is 44.9 Å². The Kier molecular flexibility index (Phi) is 8.72. The number of halogens is 1. The van der Waals surface area contributed by atoms with E-state index in [4.69, 9.17) is 16.3 Å². The fourth-order valence-corrected chi connectivity index (χ4v) is 8.68. The summed E-state index contributed by atoms with van der Waals surface area (Å²) in [5, 5.41) is 26.8. The highest BCUT2D eigenvalue weighted by Gasteiger charge is 2.46. The van der Waals surface area contributed by atoms with Crippen LogP contribution in [0.4, 0.5) is 0 Å². The second-order valence-corrected chi connectivity index (χ2v) is 13.3. The minimum atomic E-state index is -0.396. The number of methoxy groups -OCH3 is 1. The molecule has 9 unspecified atom stereocenters. The van der Waals surface area contributed by atoms with Crippen LogP contribution in [0, 0.1) is 23.7 Å². The van der Waals surface area contributed by atoms with Crippen molar-refractivity contribution in [3.63, 3.8) is 0 Å². The van der Waals surface area contributed by atoms with E-state index >= 15 is 0 Å². The Morgan fingerprint density at radius 1 is 1.00 bits per heavy atom. The van der Waals surface area contributed by atoms with Crippen molar-refractivity contribution >= 4 is 35.2 Å². The highest BCUT2D eigenvalue weighted by molar-refractivity contribution is 8.00. The predicted octanol–water partition coefficient (Wildman–Crippen LogP) is 0.703. The van der Waals surface area contributed by atoms with Crippen LogP contribution in [-0.4, -0.2) is 83.7 Å². The molecule has 3 saturated heterocycles. The zero-order valence-electron chi connectivity index (χ0n) is 21.3. The van der Waals surface area contributed by atoms with Crippen molar-refractivity contribution in [1.82, 2.24) is 26.6 Å². The van der Waals surface area contributed by atoms with Crippen LogP contribution in [0.5, 0.6) is 0 Å². The van der Waals surface area contributed by atoms with Crippen LogP contribution in [0.15, 0.2) is 0 Å². The molecule has 2 amide bonds. The van der Waals surface area contributed by atoms with E-state index in [2.05, 4.69) is 33.5 Å². The highest BCUT2D eigenvalue weighted by Crippen LogP contribution is 2.40. The number of amides is 2. The van der Waals surface area contributed by atoms with Gasteiger partial charge in [0.1, 0.15) is 5.50 Å². The van der Waals surface area contributed by atoms with Gasteiger partial charge in [0.15, 0.2) is 0 Å². The van der Waals surface area contributed by atoms with Gasteiger partial charge in [0.05, 0.1) is 29.7 Å². The number of piperidine rings is 2. The van der Waals surface area contributed by atoms with Crippen molar-refractivity contribution in [1.29, 1.82) is 0 Å². The molecule has 0 spiro atoms. The molecule has 5 aliphatic rings. The summed E-state index contributed by atoms with van der Waals surface area (Å²) in [7, 11) is 1.75. The Labute approximate surface area is 223 Å². The fraction of sp³-hybridized carbons (Fsp3) is 0.920. The van der Waals surface area contributed by atoms with Gasteiger partial charge >= 0.3 is 0 Å². The molecule has 0 bridgehead atoms. The molecule has 5 fully saturated rings. The van der Waals surface area contributed by atoms with Crippen molar-refractivity contribution in [2.45, 2.75) is 98.5 Å². The van der Waals surface area contributed by atoms with Crippen LogP contribution in [0.25, 0.3) is 0 Å². The number of aliphatic hydroxyl groups excluding tert-OH is 1. The summed E-state index contributed by atoms with van der Waals surface area (Å²) in [6.45, 7) is 3.55. The molecule has 0 aromatic rings. The summed E-state index contributed by atoms with van der Waals surface area (Å²) < 4.78 is 5.80. The molecule has 204 valence electrons. The van der Waals surface area contributed by atoms with E-state index in [0.29, 0.717) is 30.4 Å². The van der Waals surface area contributed by atoms with Crippen molar-refractivity contribution in [2.75, 3.05) is 20.2 Å². The molecular weight excluding hydrogens is 502 g/mol. The predicted molar refractivity (Wildman–Crippen MR) is 140 cm³/mol. The topological polar surface area (TPSA) is 124 Å². The summed E-state index contributed by atoms with van der Waals surface area (Å²) >= 11 is 8.21. The molecule has 0 aromatic carbocycles. The first-order valence-corrected chi connectivity index (χ1v) is 15.0. The maximum absolute atomic E-state index is 13.6. The zero-order valence-corrected chi connectivity index (χ0v) is 22.8. The SMILES string of the molecule is COC1CNC(Cl)CC1C1CC(C)NCC1C(=O)NC1NC2CC[C@@H](C(=O)N[C@@H]3CC[C@@H]3O)CC2S1. The summed E-state index contributed by atoms with van der Waals surface area (Å²) in [4.78, 5) is 26.3. The number of fused-ring (bicyclic) bond motifs is 1. The lowest BCUT2D eigenvalue weighted by Gasteiger charge is -2.45. The monoisotopic (exact) mass is 543 g/mol. The number of alkyl halides is 1. The Morgan fingerprint density at radius 3 is 2.56 bits per heavy atom. The molecule has 2 aliphatic carbocycles. The number of carbonyl (C=O) groups excluding carboxylic acids is 2. The Hall–Kier alpha value is -0.620. The first-order valence-electron chi connectivity index (χ1n) is 13.7. The fourth-order valence-electron chi connectivity index (χ4n) is 6.85. The second-order valence-electron chi connectivity index (χ2n) is 11.5. The molecular formula is C25H42ClN5O4S. The number of aliphatic hydroxyl groups is 1. The average Bonchev–Trinajstić information content (AvgIpc) is 3.27. The van der Waals surface area contributed by atoms with Crippen LogP contribution in [0.3, 0.4) is 0 Å². The normalized spacial score (nSPS) is 46.9. The first-order chi connectivity index (χ1) is 17.3. The van der Waals surface area contributed by atoms with Crippen LogP contribution < -0.4 is 26.6 Å². The Balaban J connectivity index is 1.17. The van der Waals surface area contributed by atoms with Gasteiger partial charge in [0.2, 0.25) is 11.8 Å². The standard InChI is InChI=1S/C25H42ClN5O4S/c1-12-7-14(15-9-22(26)28-11-20(15)35-2)16(10-27-12)24(34)31-25-30-18-4-3-13(8-21(18)36-25)23(33)29-17-5-6-19(17)32/h12-22,25,27-28,30,32H,3-11H2,1-2H3,(H,29,33)(H,31,34)/t12?,13-,14?,15?,16?,17-,18?,19+,20?,21?,22?,25?/m1/s1. The number of rotatable bonds is 6. The largest absolute Gasteiger partial charge is 0.391 e. The van der Waals surface area contributed by atoms with Crippen LogP contribution in [-0.2, 0) is 14.3 Å². The molecule has 3 aliphatic heterocycles. The molecule has 5 rings (SSSR count). The molecule has 12 atom stereocenters. The first kappa shape index (κ1) is 27.0. The Bertz CT molecular complexity index is 810. The van der Waals surface area contributed by atoms with Crippen molar-refractivity contribution in [2.24, 2.45) is 23.7 Å². The molecule has 11 heteroatoms. The van der Waals surface area contributed by atoms with E-state index in [9.17, 15) is 14.7 Å². The van der Waals surface area contributed by atoms with Crippen LogP contribution in [0.1, 0.15) is 51.9 Å². The third-order valence-electron chi connectivity index (χ3n) is 9.19. The zero-order chi connectivity index (χ0) is 25.4. The number of hydrogen-bond acceptors (Lipinski definition) is 8. The molecule has 9 nitrogen and oxygen atoms in total. The van der Waals surface area contributed by atoms with Gasteiger partial charge in [-0.05, 0) is 63.7 Å². The van der Waals surface area contributed by atoms with Crippen LogP contribution >= 0.6 is 23.4 Å². The summed E-state index contributed by atoms with van der Waals surface area (Å²) in [6, 6.07) is 0.576. The highest BCUT2D eigenvalue weighted by atomic mass is 35.5. The lowest BCUT2D eigenvalue weighted by Crippen LogP contribution is -2.57. The van der Waals surface area contributed by atoms with Gasteiger partial charge in [-0.15, -0.1) is 23.4 Å². The molecule has 0 radical (unpaired) electrons. The molecule has 6 N–H and O–H groups in total. The maximum atomic E-state index is 13.6. The Morgan fingerprint density at radius 2 is 1.83 bits per heavy atom. The van der Waals surface area contributed by atoms with Crippen LogP contribution in [0.2, 0.25) is 0 Å². The molecule has 2 saturated carbocycles. The van der Waals surface area contributed by atoms with Crippen molar-refractivity contribution < 1.29 is 19.4 Å². The number of hydrogen-bond donors (Lipinski definition) is 6. The number of thioether (sulfide) groups is 1. The van der Waals surface area contributed by atoms with Crippen molar-refractivity contribution in [3.05, 3.63) is 0 Å². The smallest absolute Gasteiger partial charge is 0.226 e. The summed E-state index contributed by atoms with van der Waals surface area (Å²) in [5.74, 6) is 0.435. The van der Waals surface area contributed by atoms with Gasteiger partial charge in [0, 0.05) is 43.5 Å². The summed E-state index contributed by atoms with van der Waals surface area (Å²) in [5.41, 5.74) is -0.238. The summed E-state index contributed by atoms with van der Waals surface area (Å²) in [6.07, 6.45) is 5.57. The van der Waals surface area contributed by atoms with E-state index in [1.165, 1.54) is 0 Å².